The van der Waals surface area contributed by atoms with Crippen molar-refractivity contribution in [2.45, 2.75) is 13.0 Å². The first-order valence-corrected chi connectivity index (χ1v) is 5.49. The highest BCUT2D eigenvalue weighted by atomic mass is 16.6. The number of esters is 1. The molecule has 1 saturated heterocycles. The minimum atomic E-state index is -0.803. The summed E-state index contributed by atoms with van der Waals surface area (Å²) in [7, 11) is 1.16. The number of ether oxygens (including phenoxy) is 2. The molecule has 0 aliphatic carbocycles. The number of hydrogen-bond donors (Lipinski definition) is 0. The first-order valence-electron chi connectivity index (χ1n) is 5.49. The van der Waals surface area contributed by atoms with Crippen molar-refractivity contribution in [2.24, 2.45) is 5.92 Å². The molecular formula is C10H13N3O5. The lowest BCUT2D eigenvalue weighted by molar-refractivity contribution is -0.385. The molecule has 1 aromatic heterocycles. The molecule has 0 unspecified atom stereocenters. The normalized spacial score (nSPS) is 18.8. The first kappa shape index (κ1) is 12.5. The fraction of sp³-hybridized carbons (Fsp3) is 0.600. The third-order valence-corrected chi connectivity index (χ3v) is 2.79. The van der Waals surface area contributed by atoms with Crippen LogP contribution in [0, 0.1) is 16.0 Å². The Morgan fingerprint density at radius 2 is 2.56 bits per heavy atom. The molecule has 1 aromatic rings. The third kappa shape index (κ3) is 2.48. The summed E-state index contributed by atoms with van der Waals surface area (Å²) >= 11 is 0. The van der Waals surface area contributed by atoms with Gasteiger partial charge >= 0.3 is 11.7 Å². The van der Waals surface area contributed by atoms with E-state index >= 15 is 0 Å². The number of carbonyl (C=O) groups excluding carboxylic acids is 1. The number of aromatic nitrogens is 2. The summed E-state index contributed by atoms with van der Waals surface area (Å²) in [5.74, 6) is -0.530. The van der Waals surface area contributed by atoms with Crippen LogP contribution in [-0.2, 0) is 16.0 Å². The van der Waals surface area contributed by atoms with Gasteiger partial charge in [-0.25, -0.2) is 4.79 Å². The van der Waals surface area contributed by atoms with Crippen molar-refractivity contribution in [2.75, 3.05) is 20.3 Å². The van der Waals surface area contributed by atoms with Gasteiger partial charge in [0.2, 0.25) is 5.69 Å². The van der Waals surface area contributed by atoms with E-state index in [0.717, 1.165) is 13.5 Å². The van der Waals surface area contributed by atoms with E-state index in [9.17, 15) is 14.9 Å². The first-order chi connectivity index (χ1) is 8.61. The van der Waals surface area contributed by atoms with Crippen LogP contribution in [0.15, 0.2) is 6.20 Å². The lowest BCUT2D eigenvalue weighted by atomic mass is 10.1. The van der Waals surface area contributed by atoms with Gasteiger partial charge in [0, 0.05) is 19.1 Å². The van der Waals surface area contributed by atoms with E-state index in [1.54, 1.807) is 0 Å². The average molecular weight is 255 g/mol. The SMILES string of the molecule is COC(=O)c1nn(C[C@@H]2CCOC2)cc1[N+](=O)[O-]. The Hall–Kier alpha value is -1.96. The fourth-order valence-electron chi connectivity index (χ4n) is 1.87. The lowest BCUT2D eigenvalue weighted by Crippen LogP contribution is -2.12. The lowest BCUT2D eigenvalue weighted by Gasteiger charge is -2.05. The molecule has 8 nitrogen and oxygen atoms in total. The van der Waals surface area contributed by atoms with E-state index in [2.05, 4.69) is 9.84 Å². The third-order valence-electron chi connectivity index (χ3n) is 2.79. The molecule has 1 fully saturated rings. The molecule has 1 aliphatic rings. The van der Waals surface area contributed by atoms with Gasteiger partial charge in [-0.1, -0.05) is 0 Å². The van der Waals surface area contributed by atoms with Crippen LogP contribution in [0.3, 0.4) is 0 Å². The van der Waals surface area contributed by atoms with E-state index in [-0.39, 0.29) is 17.3 Å². The molecule has 0 radical (unpaired) electrons. The Morgan fingerprint density at radius 3 is 3.11 bits per heavy atom. The molecule has 8 heteroatoms. The van der Waals surface area contributed by atoms with Gasteiger partial charge in [-0.05, 0) is 6.42 Å². The molecular weight excluding hydrogens is 242 g/mol. The number of methoxy groups -OCH3 is 1. The van der Waals surface area contributed by atoms with Crippen molar-refractivity contribution < 1.29 is 19.2 Å². The maximum atomic E-state index is 11.4. The van der Waals surface area contributed by atoms with Crippen molar-refractivity contribution >= 4 is 11.7 Å². The summed E-state index contributed by atoms with van der Waals surface area (Å²) in [6.45, 7) is 1.80. The van der Waals surface area contributed by atoms with E-state index in [0.29, 0.717) is 19.8 Å². The highest BCUT2D eigenvalue weighted by Crippen LogP contribution is 2.20. The van der Waals surface area contributed by atoms with E-state index < -0.39 is 10.9 Å². The molecule has 0 saturated carbocycles. The predicted molar refractivity (Wildman–Crippen MR) is 59.1 cm³/mol. The van der Waals surface area contributed by atoms with Crippen LogP contribution >= 0.6 is 0 Å². The van der Waals surface area contributed by atoms with Crippen molar-refractivity contribution in [1.82, 2.24) is 9.78 Å². The molecule has 1 atom stereocenters. The van der Waals surface area contributed by atoms with Crippen LogP contribution in [0.5, 0.6) is 0 Å². The van der Waals surface area contributed by atoms with Gasteiger partial charge in [0.1, 0.15) is 6.20 Å². The summed E-state index contributed by atoms with van der Waals surface area (Å²) in [5.41, 5.74) is -0.595. The van der Waals surface area contributed by atoms with Crippen molar-refractivity contribution in [1.29, 1.82) is 0 Å². The smallest absolute Gasteiger partial charge is 0.365 e. The molecule has 0 spiro atoms. The second kappa shape index (κ2) is 5.13. The number of rotatable bonds is 4. The van der Waals surface area contributed by atoms with Crippen LogP contribution in [0.25, 0.3) is 0 Å². The molecule has 0 bridgehead atoms. The second-order valence-corrected chi connectivity index (χ2v) is 4.06. The van der Waals surface area contributed by atoms with Crippen molar-refractivity contribution in [3.8, 4) is 0 Å². The maximum absolute atomic E-state index is 11.4. The molecule has 98 valence electrons. The van der Waals surface area contributed by atoms with E-state index in [1.165, 1.54) is 10.9 Å². The van der Waals surface area contributed by atoms with Gasteiger partial charge in [0.25, 0.3) is 0 Å². The predicted octanol–water partition coefficient (Wildman–Crippen LogP) is 0.614. The average Bonchev–Trinajstić information content (AvgIpc) is 2.97. The Kier molecular flexibility index (Phi) is 3.56. The monoisotopic (exact) mass is 255 g/mol. The summed E-state index contributed by atoms with van der Waals surface area (Å²) in [6, 6.07) is 0. The molecule has 0 N–H and O–H groups in total. The summed E-state index contributed by atoms with van der Waals surface area (Å²) in [5, 5.41) is 14.7. The Morgan fingerprint density at radius 1 is 1.78 bits per heavy atom. The highest BCUT2D eigenvalue weighted by molar-refractivity contribution is 5.91. The molecule has 18 heavy (non-hydrogen) atoms. The quantitative estimate of drug-likeness (QED) is 0.444. The number of nitrogens with zero attached hydrogens (tertiary/aromatic N) is 3. The maximum Gasteiger partial charge on any atom is 0.365 e. The van der Waals surface area contributed by atoms with Gasteiger partial charge in [0.05, 0.1) is 18.6 Å². The van der Waals surface area contributed by atoms with Crippen molar-refractivity contribution in [3.63, 3.8) is 0 Å². The minimum Gasteiger partial charge on any atom is -0.464 e. The summed E-state index contributed by atoms with van der Waals surface area (Å²) in [4.78, 5) is 21.5. The van der Waals surface area contributed by atoms with Gasteiger partial charge in [0.15, 0.2) is 0 Å². The molecule has 2 heterocycles. The standard InChI is InChI=1S/C10H13N3O5/c1-17-10(14)9-8(13(15)16)5-12(11-9)4-7-2-3-18-6-7/h5,7H,2-4,6H2,1H3/t7-/m0/s1. The van der Waals surface area contributed by atoms with Gasteiger partial charge in [-0.15, -0.1) is 0 Å². The largest absolute Gasteiger partial charge is 0.464 e. The number of hydrogen-bond acceptors (Lipinski definition) is 6. The highest BCUT2D eigenvalue weighted by Gasteiger charge is 2.27. The van der Waals surface area contributed by atoms with E-state index in [4.69, 9.17) is 4.74 Å². The summed E-state index contributed by atoms with van der Waals surface area (Å²) < 4.78 is 11.1. The van der Waals surface area contributed by atoms with E-state index in [1.807, 2.05) is 0 Å². The molecule has 1 aliphatic heterocycles. The topological polar surface area (TPSA) is 96.5 Å². The number of carbonyl (C=O) groups is 1. The zero-order chi connectivity index (χ0) is 13.1. The summed E-state index contributed by atoms with van der Waals surface area (Å²) in [6.07, 6.45) is 2.14. The zero-order valence-corrected chi connectivity index (χ0v) is 9.87. The van der Waals surface area contributed by atoms with Gasteiger partial charge in [-0.3, -0.25) is 14.8 Å². The molecule has 0 aromatic carbocycles. The van der Waals surface area contributed by atoms with Gasteiger partial charge < -0.3 is 9.47 Å². The van der Waals surface area contributed by atoms with Crippen LogP contribution < -0.4 is 0 Å². The molecule has 2 rings (SSSR count). The minimum absolute atomic E-state index is 0.263. The second-order valence-electron chi connectivity index (χ2n) is 4.06. The van der Waals surface area contributed by atoms with Crippen LogP contribution in [-0.4, -0.2) is 41.0 Å². The molecule has 0 amide bonds. The Labute approximate surface area is 103 Å². The number of nitro groups is 1. The van der Waals surface area contributed by atoms with Crippen LogP contribution in [0.4, 0.5) is 5.69 Å². The fourth-order valence-corrected chi connectivity index (χ4v) is 1.87. The van der Waals surface area contributed by atoms with Crippen LogP contribution in [0.1, 0.15) is 16.9 Å². The zero-order valence-electron chi connectivity index (χ0n) is 9.87. The van der Waals surface area contributed by atoms with Gasteiger partial charge in [-0.2, -0.15) is 5.10 Å². The Balaban J connectivity index is 2.21. The van der Waals surface area contributed by atoms with Crippen molar-refractivity contribution in [3.05, 3.63) is 22.0 Å². The Bertz CT molecular complexity index is 464. The van der Waals surface area contributed by atoms with Crippen LogP contribution in [0.2, 0.25) is 0 Å².